The van der Waals surface area contributed by atoms with Crippen molar-refractivity contribution in [2.75, 3.05) is 43.6 Å². The molecule has 0 fully saturated rings. The van der Waals surface area contributed by atoms with Gasteiger partial charge in [0.25, 0.3) is 10.1 Å². The molecule has 0 aliphatic rings. The summed E-state index contributed by atoms with van der Waals surface area (Å²) in [5.41, 5.74) is 0. The van der Waals surface area contributed by atoms with Gasteiger partial charge < -0.3 is 5.32 Å². The first-order valence-electron chi connectivity index (χ1n) is 6.15. The van der Waals surface area contributed by atoms with Crippen LogP contribution >= 0.6 is 0 Å². The first-order valence-corrected chi connectivity index (χ1v) is 10.2. The van der Waals surface area contributed by atoms with Gasteiger partial charge in [-0.2, -0.15) is 8.42 Å². The number of hydrogen-bond donors (Lipinski definition) is 2. The van der Waals surface area contributed by atoms with Gasteiger partial charge in [0.2, 0.25) is 0 Å². The lowest BCUT2D eigenvalue weighted by Crippen LogP contribution is -2.26. The van der Waals surface area contributed by atoms with Crippen molar-refractivity contribution in [3.8, 4) is 0 Å². The summed E-state index contributed by atoms with van der Waals surface area (Å²) in [4.78, 5) is 0. The van der Waals surface area contributed by atoms with E-state index < -0.39 is 32.3 Å². The summed E-state index contributed by atoms with van der Waals surface area (Å²) in [6.07, 6.45) is 1.94. The first-order chi connectivity index (χ1) is 9.85. The molecular weight excluding hydrogens is 342 g/mol. The van der Waals surface area contributed by atoms with E-state index in [4.69, 9.17) is 12.9 Å². The van der Waals surface area contributed by atoms with Crippen molar-refractivity contribution in [2.24, 2.45) is 0 Å². The highest BCUT2D eigenvalue weighted by Crippen LogP contribution is 1.94. The van der Waals surface area contributed by atoms with Gasteiger partial charge in [-0.25, -0.2) is 8.42 Å². The fourth-order valence-electron chi connectivity index (χ4n) is 1.06. The fourth-order valence-corrected chi connectivity index (χ4v) is 2.80. The van der Waals surface area contributed by atoms with Crippen molar-refractivity contribution in [1.29, 1.82) is 0 Å². The van der Waals surface area contributed by atoms with Gasteiger partial charge in [-0.1, -0.05) is 6.08 Å². The van der Waals surface area contributed by atoms with Gasteiger partial charge >= 0.3 is 0 Å². The Morgan fingerprint density at radius 1 is 1.14 bits per heavy atom. The molecule has 0 aliphatic heterocycles. The maximum absolute atomic E-state index is 11.4. The largest absolute Gasteiger partial charge is 0.313 e. The highest BCUT2D eigenvalue weighted by Gasteiger charge is 2.04. The molecule has 8 nitrogen and oxygen atoms in total. The van der Waals surface area contributed by atoms with Gasteiger partial charge in [0, 0.05) is 13.1 Å². The fraction of sp³-hybridized carbons (Fsp3) is 0.800. The van der Waals surface area contributed by atoms with Gasteiger partial charge in [0.15, 0.2) is 22.2 Å². The van der Waals surface area contributed by atoms with Crippen LogP contribution in [0, 0.1) is 0 Å². The van der Waals surface area contributed by atoms with Crippen LogP contribution in [-0.4, -0.2) is 65.0 Å². The van der Waals surface area contributed by atoms with Crippen LogP contribution < -0.4 is 5.32 Å². The van der Waals surface area contributed by atoms with Crippen LogP contribution in [0.3, 0.4) is 0 Å². The van der Waals surface area contributed by atoms with Crippen LogP contribution in [0.15, 0.2) is 12.7 Å². The lowest BCUT2D eigenvalue weighted by atomic mass is 10.5. The van der Waals surface area contributed by atoms with E-state index in [-0.39, 0.29) is 37.0 Å². The second-order valence-corrected chi connectivity index (χ2v) is 7.80. The molecule has 0 spiro atoms. The molecular formula is C10H21NO7S3. The highest BCUT2D eigenvalue weighted by atomic mass is 32.2. The quantitative estimate of drug-likeness (QED) is 0.239. The van der Waals surface area contributed by atoms with E-state index in [9.17, 15) is 16.8 Å². The monoisotopic (exact) mass is 363 g/mol. The van der Waals surface area contributed by atoms with Crippen molar-refractivity contribution in [3.63, 3.8) is 0 Å². The molecule has 11 heteroatoms. The topological polar surface area (TPSA) is 119 Å². The Labute approximate surface area is 130 Å². The van der Waals surface area contributed by atoms with Gasteiger partial charge in [-0.05, 0) is 6.42 Å². The standard InChI is InChI=1S/C10H21NO7S3/c1-2-8-19(12)17-6-3-9-20(13)18-7-4-11-5-10-21(14,15)16/h2,11H,1,3-10H2,(H,14,15,16). The summed E-state index contributed by atoms with van der Waals surface area (Å²) < 4.78 is 61.7. The summed E-state index contributed by atoms with van der Waals surface area (Å²) in [6, 6.07) is 0. The third-order valence-electron chi connectivity index (χ3n) is 1.95. The van der Waals surface area contributed by atoms with Crippen LogP contribution in [0.4, 0.5) is 0 Å². The van der Waals surface area contributed by atoms with E-state index in [0.29, 0.717) is 13.0 Å². The first kappa shape index (κ1) is 20.8. The predicted molar refractivity (Wildman–Crippen MR) is 82.0 cm³/mol. The minimum Gasteiger partial charge on any atom is -0.313 e. The minimum atomic E-state index is -3.96. The average molecular weight is 363 g/mol. The van der Waals surface area contributed by atoms with Gasteiger partial charge in [0.05, 0.1) is 30.5 Å². The van der Waals surface area contributed by atoms with Gasteiger partial charge in [-0.15, -0.1) is 6.58 Å². The number of hydrogen-bond acceptors (Lipinski definition) is 7. The van der Waals surface area contributed by atoms with Crippen molar-refractivity contribution in [3.05, 3.63) is 12.7 Å². The summed E-state index contributed by atoms with van der Waals surface area (Å²) in [5, 5.41) is 2.72. The Bertz CT molecular complexity index is 438. The molecule has 0 aromatic rings. The van der Waals surface area contributed by atoms with E-state index in [1.165, 1.54) is 6.08 Å². The Balaban J connectivity index is 3.43. The Morgan fingerprint density at radius 3 is 2.43 bits per heavy atom. The van der Waals surface area contributed by atoms with Crippen LogP contribution in [0.5, 0.6) is 0 Å². The average Bonchev–Trinajstić information content (AvgIpc) is 2.38. The van der Waals surface area contributed by atoms with Crippen molar-refractivity contribution in [1.82, 2.24) is 5.32 Å². The third-order valence-corrected chi connectivity index (χ3v) is 4.66. The third kappa shape index (κ3) is 16.0. The zero-order valence-corrected chi connectivity index (χ0v) is 14.0. The molecule has 0 aromatic heterocycles. The molecule has 0 aliphatic carbocycles. The highest BCUT2D eigenvalue weighted by molar-refractivity contribution is 7.85. The molecule has 0 amide bonds. The zero-order chi connectivity index (χ0) is 16.1. The van der Waals surface area contributed by atoms with Crippen LogP contribution in [-0.2, 0) is 40.6 Å². The molecule has 2 N–H and O–H groups in total. The Morgan fingerprint density at radius 2 is 1.81 bits per heavy atom. The Hall–Kier alpha value is -0.170. The molecule has 0 rings (SSSR count). The van der Waals surface area contributed by atoms with E-state index >= 15 is 0 Å². The zero-order valence-electron chi connectivity index (χ0n) is 11.6. The molecule has 0 bridgehead atoms. The second kappa shape index (κ2) is 12.4. The smallest absolute Gasteiger partial charge is 0.266 e. The van der Waals surface area contributed by atoms with Gasteiger partial charge in [0.1, 0.15) is 0 Å². The van der Waals surface area contributed by atoms with E-state index in [1.54, 1.807) is 0 Å². The molecule has 0 saturated carbocycles. The van der Waals surface area contributed by atoms with Crippen LogP contribution in [0.25, 0.3) is 0 Å². The van der Waals surface area contributed by atoms with Crippen LogP contribution in [0.1, 0.15) is 6.42 Å². The van der Waals surface area contributed by atoms with Gasteiger partial charge in [-0.3, -0.25) is 12.9 Å². The molecule has 0 aromatic carbocycles. The molecule has 0 saturated heterocycles. The molecule has 0 radical (unpaired) electrons. The summed E-state index contributed by atoms with van der Waals surface area (Å²) >= 11 is -2.86. The maximum Gasteiger partial charge on any atom is 0.266 e. The van der Waals surface area contributed by atoms with Crippen molar-refractivity contribution in [2.45, 2.75) is 6.42 Å². The van der Waals surface area contributed by atoms with E-state index in [2.05, 4.69) is 11.9 Å². The SMILES string of the molecule is C=CCS(=O)OCCCS(=O)OCCNCCS(=O)(=O)O. The second-order valence-electron chi connectivity index (χ2n) is 3.80. The molecule has 2 atom stereocenters. The van der Waals surface area contributed by atoms with E-state index in [1.807, 2.05) is 0 Å². The summed E-state index contributed by atoms with van der Waals surface area (Å²) in [5.74, 6) is 0.139. The lowest BCUT2D eigenvalue weighted by Gasteiger charge is -2.05. The molecule has 21 heavy (non-hydrogen) atoms. The molecule has 2 unspecified atom stereocenters. The lowest BCUT2D eigenvalue weighted by molar-refractivity contribution is 0.331. The van der Waals surface area contributed by atoms with E-state index in [0.717, 1.165) is 0 Å². The minimum absolute atomic E-state index is 0.0950. The maximum atomic E-state index is 11.4. The Kier molecular flexibility index (Phi) is 12.3. The molecule has 0 heterocycles. The van der Waals surface area contributed by atoms with Crippen LogP contribution in [0.2, 0.25) is 0 Å². The molecule has 126 valence electrons. The number of nitrogens with one attached hydrogen (secondary N) is 1. The predicted octanol–water partition coefficient (Wildman–Crippen LogP) is -0.599. The van der Waals surface area contributed by atoms with Crippen molar-refractivity contribution < 1.29 is 29.8 Å². The summed E-state index contributed by atoms with van der Waals surface area (Å²) in [6.45, 7) is 4.22. The normalized spacial score (nSPS) is 14.7. The summed E-state index contributed by atoms with van der Waals surface area (Å²) in [7, 11) is -3.96. The number of rotatable bonds is 14. The van der Waals surface area contributed by atoms with Crippen molar-refractivity contribution >= 4 is 32.3 Å².